The number of carbonyl (C=O) groups is 1. The van der Waals surface area contributed by atoms with Crippen molar-refractivity contribution in [2.45, 2.75) is 38.4 Å². The van der Waals surface area contributed by atoms with Crippen LogP contribution in [0.25, 0.3) is 0 Å². The topological polar surface area (TPSA) is 46.3 Å². The summed E-state index contributed by atoms with van der Waals surface area (Å²) in [7, 11) is 0. The summed E-state index contributed by atoms with van der Waals surface area (Å²) < 4.78 is 1.05. The number of halogens is 1. The molecule has 2 atom stereocenters. The quantitative estimate of drug-likeness (QED) is 0.912. The molecule has 0 bridgehead atoms. The van der Waals surface area contributed by atoms with E-state index in [-0.39, 0.29) is 24.0 Å². The second-order valence-electron chi connectivity index (χ2n) is 4.34. The Morgan fingerprint density at radius 2 is 2.31 bits per heavy atom. The zero-order valence-electron chi connectivity index (χ0n) is 9.31. The zero-order valence-corrected chi connectivity index (χ0v) is 11.7. The van der Waals surface area contributed by atoms with Crippen molar-refractivity contribution >= 4 is 33.2 Å². The molecular weight excluding hydrogens is 288 g/mol. The average Bonchev–Trinajstić information content (AvgIpc) is 2.69. The minimum Gasteiger partial charge on any atom is -0.331 e. The fourth-order valence-corrected chi connectivity index (χ4v) is 4.01. The van der Waals surface area contributed by atoms with Crippen molar-refractivity contribution in [3.05, 3.63) is 20.8 Å². The van der Waals surface area contributed by atoms with Crippen molar-refractivity contribution in [3.8, 4) is 0 Å². The Morgan fingerprint density at radius 1 is 1.62 bits per heavy atom. The Kier molecular flexibility index (Phi) is 3.37. The lowest BCUT2D eigenvalue weighted by molar-refractivity contribution is -0.130. The molecule has 2 N–H and O–H groups in total. The number of nitrogens with two attached hydrogens (primary N) is 1. The molecule has 0 spiro atoms. The van der Waals surface area contributed by atoms with Crippen LogP contribution in [0.2, 0.25) is 0 Å². The smallest absolute Gasteiger partial charge is 0.225 e. The molecule has 0 radical (unpaired) electrons. The highest BCUT2D eigenvalue weighted by Crippen LogP contribution is 2.40. The Hall–Kier alpha value is -0.390. The van der Waals surface area contributed by atoms with Gasteiger partial charge in [0, 0.05) is 27.9 Å². The van der Waals surface area contributed by atoms with Gasteiger partial charge in [-0.2, -0.15) is 0 Å². The summed E-state index contributed by atoms with van der Waals surface area (Å²) in [6.07, 6.45) is 0.452. The van der Waals surface area contributed by atoms with Crippen LogP contribution in [-0.4, -0.2) is 22.9 Å². The van der Waals surface area contributed by atoms with Crippen molar-refractivity contribution in [3.63, 3.8) is 0 Å². The highest BCUT2D eigenvalue weighted by molar-refractivity contribution is 9.10. The first kappa shape index (κ1) is 12.1. The van der Waals surface area contributed by atoms with Gasteiger partial charge < -0.3 is 10.6 Å². The van der Waals surface area contributed by atoms with E-state index in [0.29, 0.717) is 6.42 Å². The van der Waals surface area contributed by atoms with Gasteiger partial charge in [-0.3, -0.25) is 4.79 Å². The van der Waals surface area contributed by atoms with Crippen LogP contribution in [-0.2, 0) is 4.79 Å². The molecule has 1 aliphatic rings. The summed E-state index contributed by atoms with van der Waals surface area (Å²) in [6, 6.07) is 2.14. The standard InChI is InChI=1S/C11H15BrN2OS/c1-6(2)14-9(15)5-8(13)10(14)11-7(12)3-4-16-11/h3-4,6,8,10H,5,13H2,1-2H3. The molecule has 1 saturated heterocycles. The van der Waals surface area contributed by atoms with Crippen LogP contribution in [0.3, 0.4) is 0 Å². The van der Waals surface area contributed by atoms with E-state index in [1.165, 1.54) is 0 Å². The maximum atomic E-state index is 11.9. The van der Waals surface area contributed by atoms with Crippen molar-refractivity contribution < 1.29 is 4.79 Å². The molecule has 2 heterocycles. The number of carbonyl (C=O) groups excluding carboxylic acids is 1. The molecule has 5 heteroatoms. The van der Waals surface area contributed by atoms with Crippen LogP contribution >= 0.6 is 27.3 Å². The maximum Gasteiger partial charge on any atom is 0.225 e. The number of amides is 1. The largest absolute Gasteiger partial charge is 0.331 e. The van der Waals surface area contributed by atoms with E-state index in [1.807, 2.05) is 30.2 Å². The van der Waals surface area contributed by atoms with E-state index in [2.05, 4.69) is 15.9 Å². The highest BCUT2D eigenvalue weighted by Gasteiger charge is 2.41. The summed E-state index contributed by atoms with van der Waals surface area (Å²) >= 11 is 5.17. The van der Waals surface area contributed by atoms with Crippen LogP contribution < -0.4 is 5.73 Å². The van der Waals surface area contributed by atoms with E-state index in [1.54, 1.807) is 11.3 Å². The second kappa shape index (κ2) is 4.47. The summed E-state index contributed by atoms with van der Waals surface area (Å²) in [5, 5.41) is 2.02. The Bertz CT molecular complexity index is 404. The lowest BCUT2D eigenvalue weighted by atomic mass is 10.1. The minimum absolute atomic E-state index is 0.0295. The van der Waals surface area contributed by atoms with Gasteiger partial charge in [0.05, 0.1) is 6.04 Å². The first-order chi connectivity index (χ1) is 7.52. The van der Waals surface area contributed by atoms with E-state index < -0.39 is 0 Å². The molecule has 0 saturated carbocycles. The van der Waals surface area contributed by atoms with Gasteiger partial charge >= 0.3 is 0 Å². The lowest BCUT2D eigenvalue weighted by Gasteiger charge is -2.30. The number of hydrogen-bond acceptors (Lipinski definition) is 3. The molecule has 16 heavy (non-hydrogen) atoms. The third-order valence-corrected chi connectivity index (χ3v) is 4.81. The lowest BCUT2D eigenvalue weighted by Crippen LogP contribution is -2.37. The third kappa shape index (κ3) is 1.92. The summed E-state index contributed by atoms with van der Waals surface area (Å²) in [5.41, 5.74) is 6.08. The van der Waals surface area contributed by atoms with Gasteiger partial charge in [0.25, 0.3) is 0 Å². The van der Waals surface area contributed by atoms with Gasteiger partial charge in [-0.15, -0.1) is 11.3 Å². The predicted octanol–water partition coefficient (Wildman–Crippen LogP) is 2.52. The molecule has 1 fully saturated rings. The van der Waals surface area contributed by atoms with E-state index in [0.717, 1.165) is 9.35 Å². The van der Waals surface area contributed by atoms with Gasteiger partial charge in [0.1, 0.15) is 0 Å². The Morgan fingerprint density at radius 3 is 2.81 bits per heavy atom. The minimum atomic E-state index is -0.0927. The van der Waals surface area contributed by atoms with Gasteiger partial charge in [0.15, 0.2) is 0 Å². The van der Waals surface area contributed by atoms with Gasteiger partial charge in [0.2, 0.25) is 5.91 Å². The molecule has 1 aliphatic heterocycles. The normalized spacial score (nSPS) is 25.8. The first-order valence-electron chi connectivity index (χ1n) is 5.32. The maximum absolute atomic E-state index is 11.9. The van der Waals surface area contributed by atoms with Gasteiger partial charge in [-0.1, -0.05) is 0 Å². The molecule has 3 nitrogen and oxygen atoms in total. The van der Waals surface area contributed by atoms with Gasteiger partial charge in [-0.05, 0) is 41.2 Å². The molecule has 1 aromatic rings. The van der Waals surface area contributed by atoms with Crippen LogP contribution in [0.15, 0.2) is 15.9 Å². The zero-order chi connectivity index (χ0) is 11.9. The highest BCUT2D eigenvalue weighted by atomic mass is 79.9. The fourth-order valence-electron chi connectivity index (χ4n) is 2.23. The number of hydrogen-bond donors (Lipinski definition) is 1. The molecule has 0 aromatic carbocycles. The Balaban J connectivity index is 2.38. The van der Waals surface area contributed by atoms with Crippen molar-refractivity contribution in [1.29, 1.82) is 0 Å². The number of thiophene rings is 1. The molecule has 88 valence electrons. The van der Waals surface area contributed by atoms with E-state index >= 15 is 0 Å². The third-order valence-electron chi connectivity index (χ3n) is 2.87. The first-order valence-corrected chi connectivity index (χ1v) is 6.99. The Labute approximate surface area is 108 Å². The molecule has 2 rings (SSSR count). The summed E-state index contributed by atoms with van der Waals surface area (Å²) in [4.78, 5) is 14.9. The molecular formula is C11H15BrN2OS. The number of nitrogens with zero attached hydrogens (tertiary/aromatic N) is 1. The fraction of sp³-hybridized carbons (Fsp3) is 0.545. The van der Waals surface area contributed by atoms with Crippen molar-refractivity contribution in [1.82, 2.24) is 4.90 Å². The molecule has 2 unspecified atom stereocenters. The van der Waals surface area contributed by atoms with Crippen LogP contribution in [0.4, 0.5) is 0 Å². The number of rotatable bonds is 2. The summed E-state index contributed by atoms with van der Waals surface area (Å²) in [5.74, 6) is 0.160. The van der Waals surface area contributed by atoms with Crippen LogP contribution in [0.5, 0.6) is 0 Å². The molecule has 0 aliphatic carbocycles. The van der Waals surface area contributed by atoms with E-state index in [9.17, 15) is 4.79 Å². The number of likely N-dealkylation sites (tertiary alicyclic amines) is 1. The predicted molar refractivity (Wildman–Crippen MR) is 69.3 cm³/mol. The van der Waals surface area contributed by atoms with Crippen LogP contribution in [0, 0.1) is 0 Å². The molecule has 1 aromatic heterocycles. The average molecular weight is 303 g/mol. The summed E-state index contributed by atoms with van der Waals surface area (Å²) in [6.45, 7) is 4.06. The van der Waals surface area contributed by atoms with E-state index in [4.69, 9.17) is 5.73 Å². The van der Waals surface area contributed by atoms with Crippen molar-refractivity contribution in [2.24, 2.45) is 5.73 Å². The SMILES string of the molecule is CC(C)N1C(=O)CC(N)C1c1sccc1Br. The monoisotopic (exact) mass is 302 g/mol. The van der Waals surface area contributed by atoms with Crippen LogP contribution in [0.1, 0.15) is 31.2 Å². The van der Waals surface area contributed by atoms with Gasteiger partial charge in [-0.25, -0.2) is 0 Å². The second-order valence-corrected chi connectivity index (χ2v) is 6.14. The van der Waals surface area contributed by atoms with Crippen molar-refractivity contribution in [2.75, 3.05) is 0 Å². The molecule has 1 amide bonds.